The number of thiocarbonyl (C=S) groups is 1. The first kappa shape index (κ1) is 13.4. The van der Waals surface area contributed by atoms with E-state index in [0.717, 1.165) is 16.9 Å². The van der Waals surface area contributed by atoms with Crippen LogP contribution in [0.15, 0.2) is 36.7 Å². The minimum Gasteiger partial charge on any atom is -0.350 e. The molecule has 0 aliphatic carbocycles. The second-order valence-electron chi connectivity index (χ2n) is 4.79. The molecule has 21 heavy (non-hydrogen) atoms. The molecule has 1 unspecified atom stereocenters. The maximum atomic E-state index is 11.3. The maximum Gasteiger partial charge on any atom is 0.293 e. The Bertz CT molecular complexity index is 733. The van der Waals surface area contributed by atoms with Crippen molar-refractivity contribution in [3.63, 3.8) is 0 Å². The summed E-state index contributed by atoms with van der Waals surface area (Å²) in [5.74, 6) is -0.0105. The summed E-state index contributed by atoms with van der Waals surface area (Å²) in [6.45, 7) is 1.93. The number of benzene rings is 1. The lowest BCUT2D eigenvalue weighted by molar-refractivity contribution is -0.384. The molecule has 0 spiro atoms. The highest BCUT2D eigenvalue weighted by Gasteiger charge is 2.28. The van der Waals surface area contributed by atoms with E-state index < -0.39 is 4.92 Å². The molecule has 0 saturated heterocycles. The number of fused-ring (bicyclic) bond motifs is 1. The SMILES string of the molecule is CC1C(=S)Nc2cc(Nc3ccncc3)c([N+](=O)[O-])cc21. The van der Waals surface area contributed by atoms with Crippen LogP contribution < -0.4 is 10.6 Å². The molecule has 2 heterocycles. The summed E-state index contributed by atoms with van der Waals surface area (Å²) in [5.41, 5.74) is 2.86. The van der Waals surface area contributed by atoms with Crippen molar-refractivity contribution < 1.29 is 4.92 Å². The summed E-state index contributed by atoms with van der Waals surface area (Å²) in [7, 11) is 0. The van der Waals surface area contributed by atoms with Gasteiger partial charge in [-0.1, -0.05) is 19.1 Å². The molecule has 1 aromatic carbocycles. The lowest BCUT2D eigenvalue weighted by Crippen LogP contribution is -2.05. The van der Waals surface area contributed by atoms with Crippen LogP contribution in [0.25, 0.3) is 0 Å². The summed E-state index contributed by atoms with van der Waals surface area (Å²) in [5, 5.41) is 17.4. The first-order valence-electron chi connectivity index (χ1n) is 6.36. The second-order valence-corrected chi connectivity index (χ2v) is 5.23. The average Bonchev–Trinajstić information content (AvgIpc) is 2.74. The molecular weight excluding hydrogens is 288 g/mol. The first-order chi connectivity index (χ1) is 10.1. The molecule has 0 radical (unpaired) electrons. The van der Waals surface area contributed by atoms with E-state index in [9.17, 15) is 10.1 Å². The molecule has 6 nitrogen and oxygen atoms in total. The lowest BCUT2D eigenvalue weighted by Gasteiger charge is -2.09. The highest BCUT2D eigenvalue weighted by Crippen LogP contribution is 2.40. The minimum atomic E-state index is -0.391. The molecule has 0 fully saturated rings. The summed E-state index contributed by atoms with van der Waals surface area (Å²) in [4.78, 5) is 15.5. The molecule has 1 atom stereocenters. The zero-order chi connectivity index (χ0) is 15.0. The van der Waals surface area contributed by atoms with E-state index in [1.807, 2.05) is 6.92 Å². The van der Waals surface area contributed by atoms with E-state index in [0.29, 0.717) is 10.7 Å². The number of aromatic nitrogens is 1. The van der Waals surface area contributed by atoms with Gasteiger partial charge < -0.3 is 10.6 Å². The van der Waals surface area contributed by atoms with Crippen LogP contribution >= 0.6 is 12.2 Å². The van der Waals surface area contributed by atoms with Gasteiger partial charge in [0.1, 0.15) is 5.69 Å². The van der Waals surface area contributed by atoms with Crippen LogP contribution in [0.3, 0.4) is 0 Å². The average molecular weight is 300 g/mol. The van der Waals surface area contributed by atoms with Crippen LogP contribution in [0, 0.1) is 10.1 Å². The molecular formula is C14H12N4O2S. The number of anilines is 3. The van der Waals surface area contributed by atoms with Crippen LogP contribution in [0.5, 0.6) is 0 Å². The molecule has 2 N–H and O–H groups in total. The van der Waals surface area contributed by atoms with Gasteiger partial charge in [-0.2, -0.15) is 0 Å². The predicted molar refractivity (Wildman–Crippen MR) is 85.3 cm³/mol. The van der Waals surface area contributed by atoms with Crippen LogP contribution in [0.1, 0.15) is 18.4 Å². The van der Waals surface area contributed by atoms with Gasteiger partial charge in [0.25, 0.3) is 5.69 Å². The third-order valence-corrected chi connectivity index (χ3v) is 3.90. The van der Waals surface area contributed by atoms with Gasteiger partial charge >= 0.3 is 0 Å². The Balaban J connectivity index is 2.06. The van der Waals surface area contributed by atoms with Crippen molar-refractivity contribution in [2.45, 2.75) is 12.8 Å². The number of hydrogen-bond acceptors (Lipinski definition) is 5. The molecule has 1 aliphatic rings. The Morgan fingerprint density at radius 1 is 1.38 bits per heavy atom. The minimum absolute atomic E-state index is 0.0105. The fourth-order valence-corrected chi connectivity index (χ4v) is 2.53. The van der Waals surface area contributed by atoms with Gasteiger partial charge in [0.2, 0.25) is 0 Å². The van der Waals surface area contributed by atoms with Gasteiger partial charge in [-0.15, -0.1) is 0 Å². The molecule has 3 rings (SSSR count). The molecule has 1 aromatic heterocycles. The van der Waals surface area contributed by atoms with Crippen molar-refractivity contribution >= 4 is 40.0 Å². The fraction of sp³-hybridized carbons (Fsp3) is 0.143. The monoisotopic (exact) mass is 300 g/mol. The molecule has 7 heteroatoms. The number of hydrogen-bond donors (Lipinski definition) is 2. The lowest BCUT2D eigenvalue weighted by atomic mass is 10.0. The highest BCUT2D eigenvalue weighted by molar-refractivity contribution is 7.80. The molecule has 1 aliphatic heterocycles. The van der Waals surface area contributed by atoms with E-state index in [2.05, 4.69) is 15.6 Å². The summed E-state index contributed by atoms with van der Waals surface area (Å²) in [6.07, 6.45) is 3.24. The largest absolute Gasteiger partial charge is 0.350 e. The standard InChI is InChI=1S/C14H12N4O2S/c1-8-10-6-13(18(19)20)12(7-11(10)17-14(8)21)16-9-2-4-15-5-3-9/h2-8H,1H3,(H,15,16)(H,17,21). The summed E-state index contributed by atoms with van der Waals surface area (Å²) < 4.78 is 0. The molecule has 2 aromatic rings. The zero-order valence-corrected chi connectivity index (χ0v) is 12.0. The molecule has 0 bridgehead atoms. The fourth-order valence-electron chi connectivity index (χ4n) is 2.30. The third kappa shape index (κ3) is 2.43. The Morgan fingerprint density at radius 2 is 2.10 bits per heavy atom. The number of pyridine rings is 1. The van der Waals surface area contributed by atoms with Crippen molar-refractivity contribution in [3.05, 3.63) is 52.3 Å². The quantitative estimate of drug-likeness (QED) is 0.512. The van der Waals surface area contributed by atoms with Crippen molar-refractivity contribution in [1.29, 1.82) is 0 Å². The zero-order valence-electron chi connectivity index (χ0n) is 11.2. The van der Waals surface area contributed by atoms with Gasteiger partial charge in [0.15, 0.2) is 0 Å². The van der Waals surface area contributed by atoms with E-state index in [1.165, 1.54) is 0 Å². The van der Waals surface area contributed by atoms with Crippen LogP contribution in [-0.2, 0) is 0 Å². The molecule has 0 saturated carbocycles. The highest BCUT2D eigenvalue weighted by atomic mass is 32.1. The van der Waals surface area contributed by atoms with Gasteiger partial charge in [-0.05, 0) is 23.8 Å². The van der Waals surface area contributed by atoms with Gasteiger partial charge in [-0.25, -0.2) is 0 Å². The number of nitrogens with zero attached hydrogens (tertiary/aromatic N) is 2. The first-order valence-corrected chi connectivity index (χ1v) is 6.77. The topological polar surface area (TPSA) is 80.1 Å². The number of nitro groups is 1. The normalized spacial score (nSPS) is 16.2. The van der Waals surface area contributed by atoms with Gasteiger partial charge in [0.05, 0.1) is 9.91 Å². The van der Waals surface area contributed by atoms with E-state index in [-0.39, 0.29) is 11.6 Å². The molecule has 106 valence electrons. The van der Waals surface area contributed by atoms with Crippen molar-refractivity contribution in [2.24, 2.45) is 0 Å². The van der Waals surface area contributed by atoms with Crippen LogP contribution in [-0.4, -0.2) is 14.9 Å². The third-order valence-electron chi connectivity index (χ3n) is 3.44. The Kier molecular flexibility index (Phi) is 3.26. The van der Waals surface area contributed by atoms with Gasteiger partial charge in [-0.3, -0.25) is 15.1 Å². The van der Waals surface area contributed by atoms with Crippen molar-refractivity contribution in [3.8, 4) is 0 Å². The second kappa shape index (κ2) is 5.10. The predicted octanol–water partition coefficient (Wildman–Crippen LogP) is 3.59. The molecule has 0 amide bonds. The number of nitrogens with one attached hydrogen (secondary N) is 2. The Labute approximate surface area is 126 Å². The van der Waals surface area contributed by atoms with Crippen LogP contribution in [0.2, 0.25) is 0 Å². The maximum absolute atomic E-state index is 11.3. The van der Waals surface area contributed by atoms with Crippen molar-refractivity contribution in [1.82, 2.24) is 4.98 Å². The van der Waals surface area contributed by atoms with E-state index in [1.54, 1.807) is 36.7 Å². The Morgan fingerprint density at radius 3 is 2.76 bits per heavy atom. The summed E-state index contributed by atoms with van der Waals surface area (Å²) in [6, 6.07) is 6.80. The number of nitro benzene ring substituents is 1. The van der Waals surface area contributed by atoms with Crippen molar-refractivity contribution in [2.75, 3.05) is 10.6 Å². The van der Waals surface area contributed by atoms with Gasteiger partial charge in [0, 0.05) is 35.8 Å². The summed E-state index contributed by atoms with van der Waals surface area (Å²) >= 11 is 5.22. The number of rotatable bonds is 3. The van der Waals surface area contributed by atoms with E-state index in [4.69, 9.17) is 12.2 Å². The van der Waals surface area contributed by atoms with E-state index >= 15 is 0 Å². The Hall–Kier alpha value is -2.54. The van der Waals surface area contributed by atoms with Crippen LogP contribution in [0.4, 0.5) is 22.7 Å². The smallest absolute Gasteiger partial charge is 0.293 e.